The number of amides is 1. The van der Waals surface area contributed by atoms with Crippen LogP contribution in [0.3, 0.4) is 0 Å². The molecule has 1 amide bonds. The molecule has 5 nitrogen and oxygen atoms in total. The van der Waals surface area contributed by atoms with Gasteiger partial charge >= 0.3 is 0 Å². The van der Waals surface area contributed by atoms with Crippen molar-refractivity contribution < 1.29 is 14.3 Å². The van der Waals surface area contributed by atoms with Gasteiger partial charge in [0, 0.05) is 14.5 Å². The summed E-state index contributed by atoms with van der Waals surface area (Å²) in [5.41, 5.74) is 4.82. The van der Waals surface area contributed by atoms with Crippen molar-refractivity contribution in [1.82, 2.24) is 5.43 Å². The summed E-state index contributed by atoms with van der Waals surface area (Å²) in [6.45, 7) is 0.387. The fourth-order valence-electron chi connectivity index (χ4n) is 2.53. The Bertz CT molecular complexity index is 1040. The van der Waals surface area contributed by atoms with Gasteiger partial charge in [-0.3, -0.25) is 4.79 Å². The van der Waals surface area contributed by atoms with E-state index in [2.05, 4.69) is 42.4 Å². The minimum atomic E-state index is -0.340. The van der Waals surface area contributed by atoms with E-state index < -0.39 is 0 Å². The lowest BCUT2D eigenvalue weighted by molar-refractivity contribution is 0.0954. The van der Waals surface area contributed by atoms with Crippen molar-refractivity contribution in [3.63, 3.8) is 0 Å². The standard InChI is InChI=1S/C22H18Br2N2O3/c1-28-21-12-17(22(27)26-25-13-15-4-2-6-18(23)10-15)8-9-20(21)29-14-16-5-3-7-19(24)11-16/h2-13H,14H2,1H3,(H,26,27)/b25-13-. The topological polar surface area (TPSA) is 59.9 Å². The molecule has 0 heterocycles. The molecule has 0 bridgehead atoms. The number of carbonyl (C=O) groups is 1. The van der Waals surface area contributed by atoms with Gasteiger partial charge in [-0.05, 0) is 53.6 Å². The van der Waals surface area contributed by atoms with Gasteiger partial charge in [-0.1, -0.05) is 56.1 Å². The summed E-state index contributed by atoms with van der Waals surface area (Å²) in [5, 5.41) is 4.00. The maximum absolute atomic E-state index is 12.4. The number of benzene rings is 3. The number of hydrazone groups is 1. The molecule has 0 fully saturated rings. The first-order chi connectivity index (χ1) is 14.0. The van der Waals surface area contributed by atoms with Crippen molar-refractivity contribution in [2.75, 3.05) is 7.11 Å². The fraction of sp³-hybridized carbons (Fsp3) is 0.0909. The van der Waals surface area contributed by atoms with Crippen LogP contribution in [0.5, 0.6) is 11.5 Å². The summed E-state index contributed by atoms with van der Waals surface area (Å²) in [5.74, 6) is 0.693. The molecule has 7 heteroatoms. The zero-order valence-electron chi connectivity index (χ0n) is 15.6. The molecule has 0 aromatic heterocycles. The van der Waals surface area contributed by atoms with Crippen LogP contribution in [0.25, 0.3) is 0 Å². The van der Waals surface area contributed by atoms with Crippen LogP contribution < -0.4 is 14.9 Å². The minimum Gasteiger partial charge on any atom is -0.493 e. The van der Waals surface area contributed by atoms with E-state index in [-0.39, 0.29) is 5.91 Å². The molecule has 3 aromatic rings. The van der Waals surface area contributed by atoms with E-state index in [1.54, 1.807) is 24.4 Å². The average Bonchev–Trinajstić information content (AvgIpc) is 2.72. The first-order valence-corrected chi connectivity index (χ1v) is 10.3. The summed E-state index contributed by atoms with van der Waals surface area (Å²) >= 11 is 6.84. The molecule has 1 N–H and O–H groups in total. The van der Waals surface area contributed by atoms with Gasteiger partial charge < -0.3 is 9.47 Å². The summed E-state index contributed by atoms with van der Waals surface area (Å²) < 4.78 is 13.1. The lowest BCUT2D eigenvalue weighted by Gasteiger charge is -2.12. The van der Waals surface area contributed by atoms with E-state index in [0.29, 0.717) is 23.7 Å². The number of methoxy groups -OCH3 is 1. The molecule has 0 saturated heterocycles. The second-order valence-corrected chi connectivity index (χ2v) is 7.87. The molecule has 3 aromatic carbocycles. The Labute approximate surface area is 186 Å². The molecule has 0 aliphatic heterocycles. The third kappa shape index (κ3) is 6.17. The van der Waals surface area contributed by atoms with Crippen LogP contribution in [0.4, 0.5) is 0 Å². The smallest absolute Gasteiger partial charge is 0.271 e. The molecule has 148 valence electrons. The number of ether oxygens (including phenoxy) is 2. The molecular formula is C22H18Br2N2O3. The Balaban J connectivity index is 1.64. The molecule has 3 rings (SSSR count). The number of halogens is 2. The van der Waals surface area contributed by atoms with Crippen molar-refractivity contribution in [3.8, 4) is 11.5 Å². The van der Waals surface area contributed by atoms with E-state index in [1.807, 2.05) is 48.5 Å². The summed E-state index contributed by atoms with van der Waals surface area (Å²) in [4.78, 5) is 12.4. The van der Waals surface area contributed by atoms with Crippen LogP contribution in [-0.4, -0.2) is 19.2 Å². The first-order valence-electron chi connectivity index (χ1n) is 8.69. The molecule has 0 aliphatic rings. The summed E-state index contributed by atoms with van der Waals surface area (Å²) in [7, 11) is 1.54. The van der Waals surface area contributed by atoms with Gasteiger partial charge in [0.1, 0.15) is 6.61 Å². The van der Waals surface area contributed by atoms with Crippen LogP contribution in [0, 0.1) is 0 Å². The van der Waals surface area contributed by atoms with Crippen LogP contribution in [0.15, 0.2) is 80.8 Å². The number of nitrogens with zero attached hydrogens (tertiary/aromatic N) is 1. The Kier molecular flexibility index (Phi) is 7.43. The zero-order valence-corrected chi connectivity index (χ0v) is 18.7. The van der Waals surface area contributed by atoms with E-state index in [1.165, 1.54) is 7.11 Å². The molecule has 0 aliphatic carbocycles. The SMILES string of the molecule is COc1cc(C(=O)N/N=C\c2cccc(Br)c2)ccc1OCc1cccc(Br)c1. The van der Waals surface area contributed by atoms with Crippen LogP contribution >= 0.6 is 31.9 Å². The van der Waals surface area contributed by atoms with Gasteiger partial charge in [0.25, 0.3) is 5.91 Å². The average molecular weight is 518 g/mol. The van der Waals surface area contributed by atoms with E-state index in [9.17, 15) is 4.79 Å². The lowest BCUT2D eigenvalue weighted by Crippen LogP contribution is -2.17. The Morgan fingerprint density at radius 3 is 2.48 bits per heavy atom. The van der Waals surface area contributed by atoms with E-state index in [0.717, 1.165) is 20.1 Å². The van der Waals surface area contributed by atoms with Gasteiger partial charge in [0.05, 0.1) is 13.3 Å². The minimum absolute atomic E-state index is 0.340. The highest BCUT2D eigenvalue weighted by molar-refractivity contribution is 9.10. The van der Waals surface area contributed by atoms with Gasteiger partial charge in [-0.15, -0.1) is 0 Å². The normalized spacial score (nSPS) is 10.7. The predicted octanol–water partition coefficient (Wildman–Crippen LogP) is 5.56. The van der Waals surface area contributed by atoms with E-state index >= 15 is 0 Å². The number of rotatable bonds is 7. The number of carbonyl (C=O) groups excluding carboxylic acids is 1. The van der Waals surface area contributed by atoms with E-state index in [4.69, 9.17) is 9.47 Å². The predicted molar refractivity (Wildman–Crippen MR) is 121 cm³/mol. The fourth-order valence-corrected chi connectivity index (χ4v) is 3.40. The molecule has 0 saturated carbocycles. The highest BCUT2D eigenvalue weighted by Gasteiger charge is 2.11. The second kappa shape index (κ2) is 10.2. The molecule has 29 heavy (non-hydrogen) atoms. The van der Waals surface area contributed by atoms with Gasteiger partial charge in [0.2, 0.25) is 0 Å². The molecular weight excluding hydrogens is 500 g/mol. The highest BCUT2D eigenvalue weighted by Crippen LogP contribution is 2.29. The highest BCUT2D eigenvalue weighted by atomic mass is 79.9. The van der Waals surface area contributed by atoms with Crippen LogP contribution in [0.2, 0.25) is 0 Å². The maximum atomic E-state index is 12.4. The molecule has 0 atom stereocenters. The maximum Gasteiger partial charge on any atom is 0.271 e. The monoisotopic (exact) mass is 516 g/mol. The Morgan fingerprint density at radius 1 is 1.00 bits per heavy atom. The van der Waals surface area contributed by atoms with Crippen molar-refractivity contribution in [1.29, 1.82) is 0 Å². The van der Waals surface area contributed by atoms with Crippen molar-refractivity contribution in [2.24, 2.45) is 5.10 Å². The van der Waals surface area contributed by atoms with Gasteiger partial charge in [-0.2, -0.15) is 5.10 Å². The largest absolute Gasteiger partial charge is 0.493 e. The van der Waals surface area contributed by atoms with Crippen molar-refractivity contribution >= 4 is 44.0 Å². The molecule has 0 radical (unpaired) electrons. The third-order valence-electron chi connectivity index (χ3n) is 3.94. The molecule has 0 unspecified atom stereocenters. The summed E-state index contributed by atoms with van der Waals surface area (Å²) in [6, 6.07) is 20.5. The summed E-state index contributed by atoms with van der Waals surface area (Å²) in [6.07, 6.45) is 1.58. The Morgan fingerprint density at radius 2 is 1.76 bits per heavy atom. The van der Waals surface area contributed by atoms with Crippen LogP contribution in [0.1, 0.15) is 21.5 Å². The van der Waals surface area contributed by atoms with Crippen molar-refractivity contribution in [2.45, 2.75) is 6.61 Å². The Hall–Kier alpha value is -2.64. The van der Waals surface area contributed by atoms with Gasteiger partial charge in [0.15, 0.2) is 11.5 Å². The number of hydrogen-bond donors (Lipinski definition) is 1. The quantitative estimate of drug-likeness (QED) is 0.329. The second-order valence-electron chi connectivity index (χ2n) is 6.04. The third-order valence-corrected chi connectivity index (χ3v) is 4.92. The zero-order chi connectivity index (χ0) is 20.6. The number of nitrogens with one attached hydrogen (secondary N) is 1. The molecule has 0 spiro atoms. The number of hydrogen-bond acceptors (Lipinski definition) is 4. The van der Waals surface area contributed by atoms with Crippen molar-refractivity contribution in [3.05, 3.63) is 92.4 Å². The van der Waals surface area contributed by atoms with Crippen LogP contribution in [-0.2, 0) is 6.61 Å². The lowest BCUT2D eigenvalue weighted by atomic mass is 10.2. The first kappa shape index (κ1) is 21.1. The van der Waals surface area contributed by atoms with Gasteiger partial charge in [-0.25, -0.2) is 5.43 Å².